The van der Waals surface area contributed by atoms with Gasteiger partial charge in [0.15, 0.2) is 0 Å². The molecule has 13 heavy (non-hydrogen) atoms. The fraction of sp³-hybridized carbons (Fsp3) is 1.00. The first-order valence-corrected chi connectivity index (χ1v) is 5.42. The molecule has 2 nitrogen and oxygen atoms in total. The monoisotopic (exact) mass is 185 g/mol. The quantitative estimate of drug-likeness (QED) is 0.727. The molecule has 1 saturated heterocycles. The van der Waals surface area contributed by atoms with Gasteiger partial charge >= 0.3 is 0 Å². The molecule has 0 bridgehead atoms. The van der Waals surface area contributed by atoms with Crippen LogP contribution in [0, 0.1) is 0 Å². The van der Waals surface area contributed by atoms with Crippen molar-refractivity contribution in [3.63, 3.8) is 0 Å². The van der Waals surface area contributed by atoms with Crippen LogP contribution in [0.4, 0.5) is 0 Å². The molecule has 78 valence electrons. The summed E-state index contributed by atoms with van der Waals surface area (Å²) in [4.78, 5) is 2.46. The zero-order valence-electron chi connectivity index (χ0n) is 9.38. The Hall–Kier alpha value is -0.0800. The van der Waals surface area contributed by atoms with E-state index < -0.39 is 5.60 Å². The predicted molar refractivity (Wildman–Crippen MR) is 55.8 cm³/mol. The van der Waals surface area contributed by atoms with Crippen molar-refractivity contribution < 1.29 is 5.11 Å². The lowest BCUT2D eigenvalue weighted by molar-refractivity contribution is 0.0198. The number of nitrogens with zero attached hydrogens (tertiary/aromatic N) is 1. The van der Waals surface area contributed by atoms with Crippen LogP contribution in [0.1, 0.15) is 47.0 Å². The third kappa shape index (κ3) is 2.96. The van der Waals surface area contributed by atoms with Gasteiger partial charge in [-0.3, -0.25) is 4.90 Å². The number of β-amino-alcohol motifs (C(OH)–C–C–N with tert-alkyl or cyclic N) is 1. The van der Waals surface area contributed by atoms with Crippen LogP contribution in [-0.2, 0) is 0 Å². The second-order valence-electron chi connectivity index (χ2n) is 4.97. The topological polar surface area (TPSA) is 23.5 Å². The molecule has 1 fully saturated rings. The summed E-state index contributed by atoms with van der Waals surface area (Å²) >= 11 is 0. The van der Waals surface area contributed by atoms with Gasteiger partial charge in [0.05, 0.1) is 5.60 Å². The van der Waals surface area contributed by atoms with Gasteiger partial charge in [-0.05, 0) is 40.0 Å². The number of aliphatic hydroxyl groups is 1. The Labute approximate surface area is 81.9 Å². The molecule has 2 atom stereocenters. The zero-order valence-corrected chi connectivity index (χ0v) is 9.38. The van der Waals surface area contributed by atoms with Crippen LogP contribution in [0.5, 0.6) is 0 Å². The number of hydrogen-bond acceptors (Lipinski definition) is 2. The molecule has 1 heterocycles. The number of likely N-dealkylation sites (tertiary alicyclic amines) is 1. The predicted octanol–water partition coefficient (Wildman–Crippen LogP) is 2.02. The van der Waals surface area contributed by atoms with Crippen molar-refractivity contribution in [2.24, 2.45) is 0 Å². The second-order valence-corrected chi connectivity index (χ2v) is 4.97. The summed E-state index contributed by atoms with van der Waals surface area (Å²) in [5.74, 6) is 0. The van der Waals surface area contributed by atoms with E-state index in [1.165, 1.54) is 19.3 Å². The molecular weight excluding hydrogens is 162 g/mol. The largest absolute Gasteiger partial charge is 0.389 e. The highest BCUT2D eigenvalue weighted by Gasteiger charge is 2.32. The van der Waals surface area contributed by atoms with Crippen molar-refractivity contribution in [3.8, 4) is 0 Å². The maximum absolute atomic E-state index is 9.77. The van der Waals surface area contributed by atoms with Gasteiger partial charge in [0.25, 0.3) is 0 Å². The highest BCUT2D eigenvalue weighted by Crippen LogP contribution is 2.27. The Balaban J connectivity index is 2.54. The van der Waals surface area contributed by atoms with Crippen LogP contribution in [0.15, 0.2) is 0 Å². The van der Waals surface area contributed by atoms with Crippen LogP contribution < -0.4 is 0 Å². The lowest BCUT2D eigenvalue weighted by Gasteiger charge is -2.33. The maximum atomic E-state index is 9.77. The minimum Gasteiger partial charge on any atom is -0.389 e. The Bertz CT molecular complexity index is 162. The van der Waals surface area contributed by atoms with Gasteiger partial charge in [-0.25, -0.2) is 0 Å². The number of hydrogen-bond donors (Lipinski definition) is 1. The molecule has 0 aromatic rings. The van der Waals surface area contributed by atoms with Gasteiger partial charge < -0.3 is 5.11 Å². The van der Waals surface area contributed by atoms with E-state index in [1.807, 2.05) is 13.8 Å². The molecule has 1 aliphatic rings. The van der Waals surface area contributed by atoms with Gasteiger partial charge in [0.1, 0.15) is 0 Å². The lowest BCUT2D eigenvalue weighted by atomic mass is 10.1. The normalized spacial score (nSPS) is 31.2. The first kappa shape index (κ1) is 11.0. The SMILES string of the molecule is CCC1CCC(C)N1CC(C)(C)O. The molecule has 0 amide bonds. The number of rotatable bonds is 3. The van der Waals surface area contributed by atoms with Crippen LogP contribution in [0.25, 0.3) is 0 Å². The summed E-state index contributed by atoms with van der Waals surface area (Å²) in [6.45, 7) is 9.10. The van der Waals surface area contributed by atoms with E-state index in [0.29, 0.717) is 12.1 Å². The minimum absolute atomic E-state index is 0.550. The standard InChI is InChI=1S/C11H23NO/c1-5-10-7-6-9(2)12(10)8-11(3,4)13/h9-10,13H,5-8H2,1-4H3. The first-order chi connectivity index (χ1) is 5.94. The molecule has 2 unspecified atom stereocenters. The van der Waals surface area contributed by atoms with E-state index in [9.17, 15) is 5.11 Å². The van der Waals surface area contributed by atoms with Gasteiger partial charge in [-0.1, -0.05) is 6.92 Å². The highest BCUT2D eigenvalue weighted by atomic mass is 16.3. The molecule has 0 saturated carbocycles. The average molecular weight is 185 g/mol. The smallest absolute Gasteiger partial charge is 0.0718 e. The molecule has 2 heteroatoms. The summed E-state index contributed by atoms with van der Waals surface area (Å²) in [7, 11) is 0. The first-order valence-electron chi connectivity index (χ1n) is 5.42. The van der Waals surface area contributed by atoms with Crippen LogP contribution in [0.2, 0.25) is 0 Å². The minimum atomic E-state index is -0.550. The fourth-order valence-corrected chi connectivity index (χ4v) is 2.30. The van der Waals surface area contributed by atoms with Gasteiger partial charge in [-0.2, -0.15) is 0 Å². The maximum Gasteiger partial charge on any atom is 0.0718 e. The molecule has 0 aromatic carbocycles. The molecule has 1 rings (SSSR count). The highest BCUT2D eigenvalue weighted by molar-refractivity contribution is 4.87. The molecule has 0 aromatic heterocycles. The third-order valence-corrected chi connectivity index (χ3v) is 2.99. The second kappa shape index (κ2) is 3.97. The van der Waals surface area contributed by atoms with Crippen molar-refractivity contribution in [2.75, 3.05) is 6.54 Å². The van der Waals surface area contributed by atoms with E-state index in [-0.39, 0.29) is 0 Å². The summed E-state index contributed by atoms with van der Waals surface area (Å²) in [6.07, 6.45) is 3.79. The molecular formula is C11H23NO. The molecule has 0 spiro atoms. The van der Waals surface area contributed by atoms with Gasteiger partial charge in [-0.15, -0.1) is 0 Å². The molecule has 1 N–H and O–H groups in total. The summed E-state index contributed by atoms with van der Waals surface area (Å²) in [5, 5.41) is 9.77. The van der Waals surface area contributed by atoms with Crippen LogP contribution in [0.3, 0.4) is 0 Å². The Kier molecular flexibility index (Phi) is 3.36. The lowest BCUT2D eigenvalue weighted by Crippen LogP contribution is -2.44. The van der Waals surface area contributed by atoms with E-state index in [4.69, 9.17) is 0 Å². The van der Waals surface area contributed by atoms with Gasteiger partial charge in [0.2, 0.25) is 0 Å². The van der Waals surface area contributed by atoms with Crippen molar-refractivity contribution in [1.82, 2.24) is 4.90 Å². The fourth-order valence-electron chi connectivity index (χ4n) is 2.30. The van der Waals surface area contributed by atoms with Gasteiger partial charge in [0, 0.05) is 18.6 Å². The van der Waals surface area contributed by atoms with Crippen molar-refractivity contribution in [1.29, 1.82) is 0 Å². The Morgan fingerprint density at radius 3 is 2.46 bits per heavy atom. The summed E-state index contributed by atoms with van der Waals surface area (Å²) in [6, 6.07) is 1.35. The van der Waals surface area contributed by atoms with Crippen LogP contribution >= 0.6 is 0 Å². The van der Waals surface area contributed by atoms with E-state index >= 15 is 0 Å². The summed E-state index contributed by atoms with van der Waals surface area (Å²) in [5.41, 5.74) is -0.550. The van der Waals surface area contributed by atoms with E-state index in [0.717, 1.165) is 6.54 Å². The summed E-state index contributed by atoms with van der Waals surface area (Å²) < 4.78 is 0. The Morgan fingerprint density at radius 2 is 2.00 bits per heavy atom. The van der Waals surface area contributed by atoms with E-state index in [2.05, 4.69) is 18.7 Å². The molecule has 0 radical (unpaired) electrons. The molecule has 1 aliphatic heterocycles. The van der Waals surface area contributed by atoms with Crippen molar-refractivity contribution in [3.05, 3.63) is 0 Å². The average Bonchev–Trinajstić information content (AvgIpc) is 2.30. The van der Waals surface area contributed by atoms with E-state index in [1.54, 1.807) is 0 Å². The van der Waals surface area contributed by atoms with Crippen molar-refractivity contribution in [2.45, 2.75) is 64.6 Å². The van der Waals surface area contributed by atoms with Crippen LogP contribution in [-0.4, -0.2) is 34.2 Å². The zero-order chi connectivity index (χ0) is 10.1. The van der Waals surface area contributed by atoms with Crippen molar-refractivity contribution >= 4 is 0 Å². The third-order valence-electron chi connectivity index (χ3n) is 2.99. The Morgan fingerprint density at radius 1 is 1.38 bits per heavy atom. The molecule has 0 aliphatic carbocycles.